The van der Waals surface area contributed by atoms with E-state index in [1.54, 1.807) is 31.4 Å². The van der Waals surface area contributed by atoms with E-state index in [0.717, 1.165) is 11.3 Å². The maximum absolute atomic E-state index is 12.5. The summed E-state index contributed by atoms with van der Waals surface area (Å²) in [6.45, 7) is 1.38. The lowest BCUT2D eigenvalue weighted by molar-refractivity contribution is -0.141. The Balaban J connectivity index is 2.08. The first-order valence-electron chi connectivity index (χ1n) is 8.24. The van der Waals surface area contributed by atoms with Crippen molar-refractivity contribution in [1.82, 2.24) is 5.32 Å². The van der Waals surface area contributed by atoms with Crippen LogP contribution in [-0.4, -0.2) is 31.6 Å². The summed E-state index contributed by atoms with van der Waals surface area (Å²) in [5, 5.41) is 6.33. The van der Waals surface area contributed by atoms with Crippen LogP contribution in [-0.2, 0) is 16.0 Å². The zero-order chi connectivity index (χ0) is 19.6. The van der Waals surface area contributed by atoms with Gasteiger partial charge < -0.3 is 14.8 Å². The molecule has 1 atom stereocenters. The molecule has 0 fully saturated rings. The number of carbonyl (C=O) groups excluding carboxylic acids is 2. The Labute approximate surface area is 156 Å². The van der Waals surface area contributed by atoms with Gasteiger partial charge in [0.15, 0.2) is 0 Å². The maximum Gasteiger partial charge on any atom is 0.302 e. The molecular formula is C19H20N4O4. The first-order valence-corrected chi connectivity index (χ1v) is 8.24. The first kappa shape index (κ1) is 19.8. The highest BCUT2D eigenvalue weighted by atomic mass is 16.5. The molecule has 0 aliphatic heterocycles. The summed E-state index contributed by atoms with van der Waals surface area (Å²) in [5.41, 5.74) is 10.2. The molecule has 0 radical (unpaired) electrons. The molecule has 0 spiro atoms. The molecule has 0 aromatic heterocycles. The van der Waals surface area contributed by atoms with Crippen molar-refractivity contribution in [2.45, 2.75) is 19.4 Å². The molecule has 0 unspecified atom stereocenters. The van der Waals surface area contributed by atoms with Gasteiger partial charge in [-0.25, -0.2) is 0 Å². The van der Waals surface area contributed by atoms with Crippen LogP contribution in [0.25, 0.3) is 10.4 Å². The van der Waals surface area contributed by atoms with E-state index in [0.29, 0.717) is 17.7 Å². The normalized spacial score (nSPS) is 11.0. The lowest BCUT2D eigenvalue weighted by Gasteiger charge is -2.19. The van der Waals surface area contributed by atoms with Crippen LogP contribution < -0.4 is 10.1 Å². The standard InChI is InChI=1S/C19H20N4O4/c1-13(24)27-12-17(11-14-3-9-18(26-2)10-4-14)21-19(25)15-5-7-16(8-6-15)22-23-20/h3-10,17H,11-12H2,1-2H3,(H,21,25)/t17-/m0/s1. The number of amides is 1. The van der Waals surface area contributed by atoms with E-state index in [-0.39, 0.29) is 12.5 Å². The Hall–Kier alpha value is -3.51. The van der Waals surface area contributed by atoms with Crippen molar-refractivity contribution in [1.29, 1.82) is 0 Å². The van der Waals surface area contributed by atoms with E-state index < -0.39 is 12.0 Å². The van der Waals surface area contributed by atoms with Gasteiger partial charge in [-0.1, -0.05) is 29.4 Å². The third-order valence-corrected chi connectivity index (χ3v) is 3.75. The number of hydrogen-bond donors (Lipinski definition) is 1. The smallest absolute Gasteiger partial charge is 0.302 e. The molecule has 140 valence electrons. The number of carbonyl (C=O) groups is 2. The summed E-state index contributed by atoms with van der Waals surface area (Å²) in [6, 6.07) is 13.3. The van der Waals surface area contributed by atoms with Crippen LogP contribution in [0.1, 0.15) is 22.8 Å². The molecule has 0 aliphatic carbocycles. The Morgan fingerprint density at radius 2 is 1.81 bits per heavy atom. The fourth-order valence-electron chi connectivity index (χ4n) is 2.42. The molecule has 2 aromatic carbocycles. The first-order chi connectivity index (χ1) is 13.0. The molecule has 8 heteroatoms. The lowest BCUT2D eigenvalue weighted by atomic mass is 10.1. The minimum absolute atomic E-state index is 0.0594. The molecule has 27 heavy (non-hydrogen) atoms. The van der Waals surface area contributed by atoms with E-state index in [1.165, 1.54) is 6.92 Å². The average molecular weight is 368 g/mol. The minimum atomic E-state index is -0.414. The van der Waals surface area contributed by atoms with Gasteiger partial charge in [0.05, 0.1) is 13.2 Å². The van der Waals surface area contributed by atoms with Crippen molar-refractivity contribution in [3.8, 4) is 5.75 Å². The Bertz CT molecular complexity index is 828. The maximum atomic E-state index is 12.5. The van der Waals surface area contributed by atoms with Crippen molar-refractivity contribution in [2.75, 3.05) is 13.7 Å². The molecule has 0 heterocycles. The van der Waals surface area contributed by atoms with Crippen LogP contribution in [0.3, 0.4) is 0 Å². The van der Waals surface area contributed by atoms with Gasteiger partial charge in [-0.2, -0.15) is 0 Å². The van der Waals surface area contributed by atoms with Crippen molar-refractivity contribution in [3.63, 3.8) is 0 Å². The predicted molar refractivity (Wildman–Crippen MR) is 99.8 cm³/mol. The third kappa shape index (κ3) is 6.37. The van der Waals surface area contributed by atoms with Gasteiger partial charge in [-0.3, -0.25) is 9.59 Å². The van der Waals surface area contributed by atoms with Gasteiger partial charge in [0.1, 0.15) is 12.4 Å². The number of nitrogens with zero attached hydrogens (tertiary/aromatic N) is 3. The second-order valence-corrected chi connectivity index (χ2v) is 5.76. The van der Waals surface area contributed by atoms with Gasteiger partial charge >= 0.3 is 5.97 Å². The van der Waals surface area contributed by atoms with Crippen molar-refractivity contribution < 1.29 is 19.1 Å². The number of azide groups is 1. The van der Waals surface area contributed by atoms with Crippen molar-refractivity contribution >= 4 is 17.6 Å². The average Bonchev–Trinajstić information content (AvgIpc) is 2.67. The quantitative estimate of drug-likeness (QED) is 0.332. The highest BCUT2D eigenvalue weighted by Gasteiger charge is 2.16. The van der Waals surface area contributed by atoms with Crippen molar-refractivity contribution in [3.05, 3.63) is 70.1 Å². The summed E-state index contributed by atoms with van der Waals surface area (Å²) < 4.78 is 10.2. The number of esters is 1. The van der Waals surface area contributed by atoms with Crippen LogP contribution in [0, 0.1) is 0 Å². The lowest BCUT2D eigenvalue weighted by Crippen LogP contribution is -2.40. The molecule has 1 N–H and O–H groups in total. The number of benzene rings is 2. The second-order valence-electron chi connectivity index (χ2n) is 5.76. The van der Waals surface area contributed by atoms with Crippen LogP contribution in [0.5, 0.6) is 5.75 Å². The third-order valence-electron chi connectivity index (χ3n) is 3.75. The number of nitrogens with one attached hydrogen (secondary N) is 1. The van der Waals surface area contributed by atoms with Crippen molar-refractivity contribution in [2.24, 2.45) is 5.11 Å². The highest BCUT2D eigenvalue weighted by molar-refractivity contribution is 5.94. The number of rotatable bonds is 8. The summed E-state index contributed by atoms with van der Waals surface area (Å²) in [4.78, 5) is 26.3. The van der Waals surface area contributed by atoms with Crippen LogP contribution >= 0.6 is 0 Å². The molecule has 8 nitrogen and oxygen atoms in total. The van der Waals surface area contributed by atoms with Gasteiger partial charge in [-0.15, -0.1) is 0 Å². The molecule has 0 saturated heterocycles. The summed E-state index contributed by atoms with van der Waals surface area (Å²) in [5.74, 6) is 0.00953. The molecule has 2 rings (SSSR count). The fraction of sp³-hybridized carbons (Fsp3) is 0.263. The van der Waals surface area contributed by atoms with Gasteiger partial charge in [-0.05, 0) is 41.8 Å². The zero-order valence-corrected chi connectivity index (χ0v) is 15.1. The van der Waals surface area contributed by atoms with Crippen LogP contribution in [0.4, 0.5) is 5.69 Å². The Morgan fingerprint density at radius 3 is 2.37 bits per heavy atom. The van der Waals surface area contributed by atoms with Crippen LogP contribution in [0.15, 0.2) is 53.6 Å². The van der Waals surface area contributed by atoms with Gasteiger partial charge in [0.2, 0.25) is 0 Å². The SMILES string of the molecule is COc1ccc(C[C@@H](COC(C)=O)NC(=O)c2ccc(N=[N+]=[N-])cc2)cc1. The monoisotopic (exact) mass is 368 g/mol. The predicted octanol–water partition coefficient (Wildman–Crippen LogP) is 3.54. The number of methoxy groups -OCH3 is 1. The summed E-state index contributed by atoms with van der Waals surface area (Å²) in [6.07, 6.45) is 0.486. The molecular weight excluding hydrogens is 348 g/mol. The molecule has 2 aromatic rings. The topological polar surface area (TPSA) is 113 Å². The minimum Gasteiger partial charge on any atom is -0.497 e. The molecule has 0 saturated carbocycles. The number of ether oxygens (including phenoxy) is 2. The second kappa shape index (κ2) is 9.84. The Morgan fingerprint density at radius 1 is 1.15 bits per heavy atom. The van der Waals surface area contributed by atoms with Crippen LogP contribution in [0.2, 0.25) is 0 Å². The van der Waals surface area contributed by atoms with Gasteiger partial charge in [0.25, 0.3) is 5.91 Å². The van der Waals surface area contributed by atoms with E-state index in [4.69, 9.17) is 15.0 Å². The van der Waals surface area contributed by atoms with E-state index >= 15 is 0 Å². The fourth-order valence-corrected chi connectivity index (χ4v) is 2.42. The van der Waals surface area contributed by atoms with E-state index in [9.17, 15) is 9.59 Å². The van der Waals surface area contributed by atoms with Gasteiger partial charge in [0, 0.05) is 23.1 Å². The summed E-state index contributed by atoms with van der Waals surface area (Å²) in [7, 11) is 1.59. The Kier molecular flexibility index (Phi) is 7.22. The molecule has 0 aliphatic rings. The zero-order valence-electron chi connectivity index (χ0n) is 15.1. The molecule has 1 amide bonds. The summed E-state index contributed by atoms with van der Waals surface area (Å²) >= 11 is 0. The molecule has 0 bridgehead atoms. The van der Waals surface area contributed by atoms with E-state index in [2.05, 4.69) is 15.3 Å². The number of hydrogen-bond acceptors (Lipinski definition) is 5. The highest BCUT2D eigenvalue weighted by Crippen LogP contribution is 2.15. The van der Waals surface area contributed by atoms with E-state index in [1.807, 2.05) is 24.3 Å². The largest absolute Gasteiger partial charge is 0.497 e.